The molecule has 0 saturated carbocycles. The van der Waals surface area contributed by atoms with Gasteiger partial charge in [0, 0.05) is 18.7 Å². The molecule has 0 bridgehead atoms. The molecule has 1 aromatic heterocycles. The number of nitrogens with one attached hydrogen (secondary N) is 1. The van der Waals surface area contributed by atoms with Crippen LogP contribution in [-0.2, 0) is 4.79 Å². The van der Waals surface area contributed by atoms with E-state index >= 15 is 0 Å². The molecule has 2 aromatic carbocycles. The van der Waals surface area contributed by atoms with E-state index in [1.165, 1.54) is 0 Å². The molecule has 8 heteroatoms. The number of likely N-dealkylation sites (N-methyl/N-ethyl adjacent to an activating group) is 1. The Morgan fingerprint density at radius 2 is 2.03 bits per heavy atom. The SMILES string of the molecule is CCN1C(=O)COc2cc(-c3noc(C(=O)NC[C@H](C)c4ccccc4)n3)ccc21. The average Bonchev–Trinajstić information content (AvgIpc) is 3.28. The number of rotatable bonds is 6. The van der Waals surface area contributed by atoms with E-state index < -0.39 is 5.91 Å². The van der Waals surface area contributed by atoms with Crippen molar-refractivity contribution in [2.24, 2.45) is 0 Å². The summed E-state index contributed by atoms with van der Waals surface area (Å²) in [5.74, 6) is 0.396. The highest BCUT2D eigenvalue weighted by Gasteiger charge is 2.25. The van der Waals surface area contributed by atoms with Gasteiger partial charge in [-0.3, -0.25) is 9.59 Å². The summed E-state index contributed by atoms with van der Waals surface area (Å²) < 4.78 is 10.7. The Balaban J connectivity index is 1.45. The molecule has 154 valence electrons. The molecule has 30 heavy (non-hydrogen) atoms. The van der Waals surface area contributed by atoms with Crippen LogP contribution in [0.4, 0.5) is 5.69 Å². The Hall–Kier alpha value is -3.68. The molecule has 1 aliphatic rings. The van der Waals surface area contributed by atoms with Crippen LogP contribution in [0, 0.1) is 0 Å². The number of ether oxygens (including phenoxy) is 1. The van der Waals surface area contributed by atoms with Gasteiger partial charge in [-0.25, -0.2) is 0 Å². The minimum atomic E-state index is -0.423. The van der Waals surface area contributed by atoms with Crippen molar-refractivity contribution in [2.45, 2.75) is 19.8 Å². The largest absolute Gasteiger partial charge is 0.482 e. The Labute approximate surface area is 173 Å². The van der Waals surface area contributed by atoms with Gasteiger partial charge in [0.2, 0.25) is 5.82 Å². The lowest BCUT2D eigenvalue weighted by molar-refractivity contribution is -0.121. The molecule has 0 saturated heterocycles. The number of fused-ring (bicyclic) bond motifs is 1. The van der Waals surface area contributed by atoms with Crippen LogP contribution in [0.25, 0.3) is 11.4 Å². The molecule has 2 amide bonds. The van der Waals surface area contributed by atoms with Crippen molar-refractivity contribution in [1.82, 2.24) is 15.5 Å². The highest BCUT2D eigenvalue weighted by molar-refractivity contribution is 5.98. The summed E-state index contributed by atoms with van der Waals surface area (Å²) in [5, 5.41) is 6.74. The van der Waals surface area contributed by atoms with E-state index in [4.69, 9.17) is 9.26 Å². The van der Waals surface area contributed by atoms with E-state index in [0.29, 0.717) is 30.1 Å². The van der Waals surface area contributed by atoms with E-state index in [2.05, 4.69) is 15.5 Å². The maximum absolute atomic E-state index is 12.4. The number of amides is 2. The van der Waals surface area contributed by atoms with Crippen molar-refractivity contribution in [3.63, 3.8) is 0 Å². The maximum Gasteiger partial charge on any atom is 0.316 e. The summed E-state index contributed by atoms with van der Waals surface area (Å²) in [6.45, 7) is 4.94. The van der Waals surface area contributed by atoms with Crippen molar-refractivity contribution < 1.29 is 18.8 Å². The minimum Gasteiger partial charge on any atom is -0.482 e. The summed E-state index contributed by atoms with van der Waals surface area (Å²) >= 11 is 0. The van der Waals surface area contributed by atoms with Gasteiger partial charge in [-0.15, -0.1) is 0 Å². The molecular weight excluding hydrogens is 384 g/mol. The second-order valence-electron chi connectivity index (χ2n) is 7.05. The molecule has 0 aliphatic carbocycles. The number of carbonyl (C=O) groups is 2. The molecule has 0 unspecified atom stereocenters. The topological polar surface area (TPSA) is 97.6 Å². The lowest BCUT2D eigenvalue weighted by atomic mass is 10.0. The van der Waals surface area contributed by atoms with Crippen LogP contribution >= 0.6 is 0 Å². The van der Waals surface area contributed by atoms with Gasteiger partial charge in [-0.2, -0.15) is 4.98 Å². The number of hydrogen-bond donors (Lipinski definition) is 1. The van der Waals surface area contributed by atoms with Crippen LogP contribution in [0.1, 0.15) is 36.0 Å². The highest BCUT2D eigenvalue weighted by atomic mass is 16.5. The Kier molecular flexibility index (Phi) is 5.47. The number of anilines is 1. The minimum absolute atomic E-state index is 0.0101. The average molecular weight is 406 g/mol. The number of hydrogen-bond acceptors (Lipinski definition) is 6. The Morgan fingerprint density at radius 1 is 1.23 bits per heavy atom. The summed E-state index contributed by atoms with van der Waals surface area (Å²) in [6, 6.07) is 15.2. The molecule has 0 radical (unpaired) electrons. The fraction of sp³-hybridized carbons (Fsp3) is 0.273. The van der Waals surface area contributed by atoms with E-state index in [9.17, 15) is 9.59 Å². The fourth-order valence-corrected chi connectivity index (χ4v) is 3.34. The van der Waals surface area contributed by atoms with E-state index in [1.807, 2.05) is 44.2 Å². The molecule has 3 aromatic rings. The smallest absolute Gasteiger partial charge is 0.316 e. The standard InChI is InChI=1S/C22H22N4O4/c1-3-26-17-10-9-16(11-18(17)29-13-19(26)27)20-24-22(30-25-20)21(28)23-12-14(2)15-7-5-4-6-8-15/h4-11,14H,3,12-13H2,1-2H3,(H,23,28)/t14-/m0/s1. The Morgan fingerprint density at radius 3 is 2.80 bits per heavy atom. The van der Waals surface area contributed by atoms with Gasteiger partial charge in [0.15, 0.2) is 6.61 Å². The third-order valence-corrected chi connectivity index (χ3v) is 5.03. The molecule has 4 rings (SSSR count). The van der Waals surface area contributed by atoms with Crippen LogP contribution in [0.3, 0.4) is 0 Å². The van der Waals surface area contributed by atoms with E-state index in [-0.39, 0.29) is 30.1 Å². The zero-order valence-electron chi connectivity index (χ0n) is 16.8. The first-order chi connectivity index (χ1) is 14.6. The van der Waals surface area contributed by atoms with Gasteiger partial charge in [0.25, 0.3) is 5.91 Å². The molecule has 1 N–H and O–H groups in total. The molecule has 0 fully saturated rings. The predicted octanol–water partition coefficient (Wildman–Crippen LogP) is 3.02. The monoisotopic (exact) mass is 406 g/mol. The van der Waals surface area contributed by atoms with Crippen molar-refractivity contribution in [3.05, 3.63) is 60.0 Å². The fourth-order valence-electron chi connectivity index (χ4n) is 3.34. The quantitative estimate of drug-likeness (QED) is 0.676. The van der Waals surface area contributed by atoms with Gasteiger partial charge in [-0.05, 0) is 36.6 Å². The van der Waals surface area contributed by atoms with Gasteiger partial charge in [-0.1, -0.05) is 42.4 Å². The predicted molar refractivity (Wildman–Crippen MR) is 110 cm³/mol. The van der Waals surface area contributed by atoms with Crippen molar-refractivity contribution in [1.29, 1.82) is 0 Å². The molecular formula is C22H22N4O4. The number of benzene rings is 2. The molecule has 8 nitrogen and oxygen atoms in total. The highest BCUT2D eigenvalue weighted by Crippen LogP contribution is 2.35. The molecule has 2 heterocycles. The van der Waals surface area contributed by atoms with Gasteiger partial charge in [0.05, 0.1) is 5.69 Å². The first-order valence-electron chi connectivity index (χ1n) is 9.81. The first-order valence-corrected chi connectivity index (χ1v) is 9.81. The van der Waals surface area contributed by atoms with Crippen LogP contribution in [0.5, 0.6) is 5.75 Å². The van der Waals surface area contributed by atoms with E-state index in [1.54, 1.807) is 23.1 Å². The van der Waals surface area contributed by atoms with Crippen molar-refractivity contribution in [3.8, 4) is 17.1 Å². The Bertz CT molecular complexity index is 1060. The van der Waals surface area contributed by atoms with E-state index in [0.717, 1.165) is 5.56 Å². The summed E-state index contributed by atoms with van der Waals surface area (Å²) in [5.41, 5.74) is 2.48. The molecule has 1 atom stereocenters. The lowest BCUT2D eigenvalue weighted by Gasteiger charge is -2.28. The van der Waals surface area contributed by atoms with Crippen molar-refractivity contribution >= 4 is 17.5 Å². The molecule has 0 spiro atoms. The zero-order valence-corrected chi connectivity index (χ0v) is 16.8. The summed E-state index contributed by atoms with van der Waals surface area (Å²) in [7, 11) is 0. The number of nitrogens with zero attached hydrogens (tertiary/aromatic N) is 3. The van der Waals surface area contributed by atoms with Crippen molar-refractivity contribution in [2.75, 3.05) is 24.6 Å². The number of carbonyl (C=O) groups excluding carboxylic acids is 2. The normalized spacial score (nSPS) is 14.1. The summed E-state index contributed by atoms with van der Waals surface area (Å²) in [6.07, 6.45) is 0. The summed E-state index contributed by atoms with van der Waals surface area (Å²) in [4.78, 5) is 30.2. The van der Waals surface area contributed by atoms with Gasteiger partial charge < -0.3 is 19.5 Å². The molecule has 1 aliphatic heterocycles. The third-order valence-electron chi connectivity index (χ3n) is 5.03. The van der Waals surface area contributed by atoms with Crippen LogP contribution in [0.15, 0.2) is 53.1 Å². The second kappa shape index (κ2) is 8.36. The van der Waals surface area contributed by atoms with Gasteiger partial charge >= 0.3 is 11.8 Å². The second-order valence-corrected chi connectivity index (χ2v) is 7.05. The van der Waals surface area contributed by atoms with Crippen LogP contribution in [0.2, 0.25) is 0 Å². The number of aromatic nitrogens is 2. The zero-order chi connectivity index (χ0) is 21.1. The third kappa shape index (κ3) is 3.89. The van der Waals surface area contributed by atoms with Gasteiger partial charge in [0.1, 0.15) is 5.75 Å². The maximum atomic E-state index is 12.4. The van der Waals surface area contributed by atoms with Crippen LogP contribution in [-0.4, -0.2) is 41.7 Å². The lowest BCUT2D eigenvalue weighted by Crippen LogP contribution is -2.38. The van der Waals surface area contributed by atoms with Crippen LogP contribution < -0.4 is 15.0 Å². The first kappa shape index (κ1) is 19.6.